The number of aliphatic hydroxyl groups excluding tert-OH is 4. The van der Waals surface area contributed by atoms with Crippen LogP contribution in [0.1, 0.15) is 19.4 Å². The minimum Gasteiger partial charge on any atom is -0.871 e. The maximum absolute atomic E-state index is 13.8. The van der Waals surface area contributed by atoms with E-state index in [0.29, 0.717) is 5.56 Å². The first-order valence-electron chi connectivity index (χ1n) is 14.7. The van der Waals surface area contributed by atoms with Crippen LogP contribution in [0.3, 0.4) is 0 Å². The molecule has 2 saturated heterocycles. The number of ether oxygens (including phenoxy) is 5. The molecule has 244 valence electrons. The topological polar surface area (TPSA) is 211 Å². The predicted molar refractivity (Wildman–Crippen MR) is 158 cm³/mol. The number of aryl methyl sites for hydroxylation is 1. The van der Waals surface area contributed by atoms with Gasteiger partial charge in [-0.3, -0.25) is 0 Å². The second-order valence-corrected chi connectivity index (χ2v) is 11.8. The molecule has 5 aromatic rings. The number of hydrogen-bond acceptors (Lipinski definition) is 14. The van der Waals surface area contributed by atoms with Crippen LogP contribution in [-0.4, -0.2) is 88.9 Å². The van der Waals surface area contributed by atoms with Gasteiger partial charge in [0.1, 0.15) is 41.9 Å². The van der Waals surface area contributed by atoms with Gasteiger partial charge in [0.2, 0.25) is 6.29 Å². The summed E-state index contributed by atoms with van der Waals surface area (Å²) < 4.78 is 40.3. The summed E-state index contributed by atoms with van der Waals surface area (Å²) in [5.74, 6) is -0.715. The second-order valence-electron chi connectivity index (χ2n) is 11.8. The largest absolute Gasteiger partial charge is 1.00 e. The van der Waals surface area contributed by atoms with Crippen LogP contribution in [0.15, 0.2) is 48.8 Å². The number of aliphatic hydroxyl groups is 4. The third-order valence-electron chi connectivity index (χ3n) is 9.01. The summed E-state index contributed by atoms with van der Waals surface area (Å²) in [6.07, 6.45) is -13.1. The first-order valence-corrected chi connectivity index (χ1v) is 14.7. The zero-order valence-corrected chi connectivity index (χ0v) is 28.0. The van der Waals surface area contributed by atoms with Gasteiger partial charge >= 0.3 is 40.8 Å². The Bertz CT molecular complexity index is 2080. The van der Waals surface area contributed by atoms with Crippen molar-refractivity contribution in [3.8, 4) is 11.5 Å². The summed E-state index contributed by atoms with van der Waals surface area (Å²) in [5, 5.41) is 57.1. The Morgan fingerprint density at radius 1 is 0.745 bits per heavy atom. The average Bonchev–Trinajstić information content (AvgIpc) is 3.02. The first-order chi connectivity index (χ1) is 21.9. The molecule has 0 saturated carbocycles. The monoisotopic (exact) mass is 662 g/mol. The zero-order valence-electron chi connectivity index (χ0n) is 26.0. The third kappa shape index (κ3) is 5.23. The van der Waals surface area contributed by atoms with Gasteiger partial charge in [0.15, 0.2) is 18.0 Å². The molecule has 4 N–H and O–H groups in total. The summed E-state index contributed by atoms with van der Waals surface area (Å²) in [5.41, 5.74) is -1.07. The molecular weight excluding hydrogens is 631 g/mol. The van der Waals surface area contributed by atoms with Gasteiger partial charge in [-0.15, -0.1) is 0 Å². The van der Waals surface area contributed by atoms with E-state index in [4.69, 9.17) is 32.5 Å². The van der Waals surface area contributed by atoms with E-state index in [9.17, 15) is 35.1 Å². The summed E-state index contributed by atoms with van der Waals surface area (Å²) in [6, 6.07) is 7.53. The first kappa shape index (κ1) is 34.0. The maximum Gasteiger partial charge on any atom is 1.00 e. The minimum absolute atomic E-state index is 0. The fourth-order valence-electron chi connectivity index (χ4n) is 6.56. The standard InChI is InChI=1S/C32H32O14.Na/c1-10-8-9-15-18-16(10)29(38)45-26-17-13(23(35)20(19(18)26)30(39)43-15)6-5-7-14(17)44-32-28(24(36)21(33)11(2)42-32)46-31-25(37)27(40-4)22(34)12(3)41-31;/h5-9,11-12,21-22,24-25,27-28,31-37H,1-4H3;/q;+1/p-1/t11-,12-,21+,22+,24+,25-,27+,28-,31-,32+;/m1./s1. The molecule has 47 heavy (non-hydrogen) atoms. The second kappa shape index (κ2) is 12.5. The quantitative estimate of drug-likeness (QED) is 0.0678. The molecule has 10 atom stereocenters. The van der Waals surface area contributed by atoms with Crippen LogP contribution in [0.5, 0.6) is 11.5 Å². The van der Waals surface area contributed by atoms with Crippen molar-refractivity contribution in [1.29, 1.82) is 0 Å². The Morgan fingerprint density at radius 3 is 2.15 bits per heavy atom. The summed E-state index contributed by atoms with van der Waals surface area (Å²) in [6.45, 7) is 4.73. The molecule has 2 aliphatic heterocycles. The Hall–Kier alpha value is -2.86. The smallest absolute Gasteiger partial charge is 0.871 e. The van der Waals surface area contributed by atoms with Crippen molar-refractivity contribution in [2.45, 2.75) is 82.2 Å². The molecule has 14 nitrogen and oxygen atoms in total. The minimum atomic E-state index is -1.62. The van der Waals surface area contributed by atoms with E-state index in [0.717, 1.165) is 0 Å². The van der Waals surface area contributed by atoms with E-state index >= 15 is 0 Å². The van der Waals surface area contributed by atoms with E-state index in [-0.39, 0.29) is 78.8 Å². The number of rotatable bonds is 5. The van der Waals surface area contributed by atoms with Crippen molar-refractivity contribution in [1.82, 2.24) is 0 Å². The Balaban J connectivity index is 0.00000386. The van der Waals surface area contributed by atoms with E-state index in [2.05, 4.69) is 0 Å². The Labute approximate surface area is 287 Å². The van der Waals surface area contributed by atoms with E-state index < -0.39 is 78.4 Å². The molecule has 0 unspecified atom stereocenters. The molecule has 0 amide bonds. The van der Waals surface area contributed by atoms with E-state index in [1.165, 1.54) is 38.3 Å². The van der Waals surface area contributed by atoms with Crippen molar-refractivity contribution in [2.75, 3.05) is 7.11 Å². The summed E-state index contributed by atoms with van der Waals surface area (Å²) >= 11 is 0. The zero-order chi connectivity index (χ0) is 32.8. The third-order valence-corrected chi connectivity index (χ3v) is 9.01. The van der Waals surface area contributed by atoms with Crippen molar-refractivity contribution < 1.29 is 87.6 Å². The number of fused-ring (bicyclic) bond motifs is 2. The van der Waals surface area contributed by atoms with Gasteiger partial charge in [-0.05, 0) is 43.9 Å². The number of methoxy groups -OCH3 is 1. The fraction of sp³-hybridized carbons (Fsp3) is 0.438. The number of hydrogen-bond donors (Lipinski definition) is 4. The molecule has 3 aromatic carbocycles. The van der Waals surface area contributed by atoms with Crippen LogP contribution in [0.4, 0.5) is 0 Å². The van der Waals surface area contributed by atoms with Crippen LogP contribution in [0.2, 0.25) is 0 Å². The van der Waals surface area contributed by atoms with E-state index in [1.807, 2.05) is 0 Å². The SMILES string of the molecule is CO[C@H]1[C@@H](O)[C@@H](C)O[C@H](O[C@H]2[C@H](Oc3cccc4c([O-])c5c(=O)oc6ccc(C)c7c(=O)oc(c34)c5c67)O[C@H](C)[C@H](O)[C@@H]2O)[C@@H]1O.[Na+]. The Morgan fingerprint density at radius 2 is 1.43 bits per heavy atom. The van der Waals surface area contributed by atoms with Crippen LogP contribution in [0, 0.1) is 6.92 Å². The molecule has 0 radical (unpaired) electrons. The fourth-order valence-corrected chi connectivity index (χ4v) is 6.56. The van der Waals surface area contributed by atoms with Gasteiger partial charge in [-0.25, -0.2) is 9.59 Å². The van der Waals surface area contributed by atoms with Crippen LogP contribution in [-0.2, 0) is 18.9 Å². The molecule has 0 bridgehead atoms. The molecule has 7 rings (SSSR count). The molecule has 2 aliphatic rings. The number of benzene rings is 3. The molecule has 2 fully saturated rings. The predicted octanol–water partition coefficient (Wildman–Crippen LogP) is -2.26. The van der Waals surface area contributed by atoms with Crippen molar-refractivity contribution in [3.63, 3.8) is 0 Å². The van der Waals surface area contributed by atoms with Crippen molar-refractivity contribution >= 4 is 43.5 Å². The molecule has 0 aliphatic carbocycles. The van der Waals surface area contributed by atoms with Crippen molar-refractivity contribution in [3.05, 3.63) is 56.7 Å². The van der Waals surface area contributed by atoms with Crippen LogP contribution < -0.4 is 50.7 Å². The van der Waals surface area contributed by atoms with Crippen LogP contribution >= 0.6 is 0 Å². The van der Waals surface area contributed by atoms with Gasteiger partial charge in [-0.1, -0.05) is 23.9 Å². The van der Waals surface area contributed by atoms with Gasteiger partial charge in [-0.2, -0.15) is 0 Å². The molecular formula is C32H31NaO14. The molecule has 0 spiro atoms. The summed E-state index contributed by atoms with van der Waals surface area (Å²) in [4.78, 5) is 26.4. The van der Waals surface area contributed by atoms with Gasteiger partial charge in [0.25, 0.3) is 0 Å². The summed E-state index contributed by atoms with van der Waals surface area (Å²) in [7, 11) is 1.30. The van der Waals surface area contributed by atoms with Crippen LogP contribution in [0.25, 0.3) is 43.5 Å². The maximum atomic E-state index is 13.8. The van der Waals surface area contributed by atoms with Gasteiger partial charge < -0.3 is 58.1 Å². The van der Waals surface area contributed by atoms with E-state index in [1.54, 1.807) is 19.9 Å². The Kier molecular flexibility index (Phi) is 9.08. The normalized spacial score (nSPS) is 31.5. The molecule has 15 heteroatoms. The average molecular weight is 663 g/mol. The molecule has 2 aromatic heterocycles. The van der Waals surface area contributed by atoms with Gasteiger partial charge in [0, 0.05) is 17.9 Å². The van der Waals surface area contributed by atoms with Gasteiger partial charge in [0.05, 0.1) is 28.4 Å². The van der Waals surface area contributed by atoms with Crippen molar-refractivity contribution in [2.24, 2.45) is 0 Å². The molecule has 4 heterocycles.